The minimum absolute atomic E-state index is 0.119. The van der Waals surface area contributed by atoms with Crippen molar-refractivity contribution >= 4 is 28.9 Å². The van der Waals surface area contributed by atoms with Crippen LogP contribution in [0.2, 0.25) is 5.02 Å². The average molecular weight is 252 g/mol. The summed E-state index contributed by atoms with van der Waals surface area (Å²) >= 11 is 6.03. The van der Waals surface area contributed by atoms with Crippen molar-refractivity contribution in [3.05, 3.63) is 23.2 Å². The smallest absolute Gasteiger partial charge is 0.241 e. The maximum Gasteiger partial charge on any atom is 0.241 e. The number of nitrogens with zero attached hydrogens (tertiary/aromatic N) is 1. The van der Waals surface area contributed by atoms with E-state index in [2.05, 4.69) is 10.6 Å². The highest BCUT2D eigenvalue weighted by molar-refractivity contribution is 6.31. The molecule has 3 rings (SSSR count). The first-order valence-electron chi connectivity index (χ1n) is 5.82. The number of amides is 1. The molecule has 1 aromatic rings. The monoisotopic (exact) mass is 251 g/mol. The Bertz CT molecular complexity index is 463. The Kier molecular flexibility index (Phi) is 2.68. The summed E-state index contributed by atoms with van der Waals surface area (Å²) in [6, 6.07) is 5.88. The Morgan fingerprint density at radius 2 is 2.29 bits per heavy atom. The highest BCUT2D eigenvalue weighted by Crippen LogP contribution is 2.34. The summed E-state index contributed by atoms with van der Waals surface area (Å²) in [7, 11) is 0. The van der Waals surface area contributed by atoms with E-state index in [4.69, 9.17) is 11.6 Å². The third-order valence-corrected chi connectivity index (χ3v) is 3.54. The Labute approximate surface area is 105 Å². The van der Waals surface area contributed by atoms with Crippen LogP contribution < -0.4 is 15.5 Å². The van der Waals surface area contributed by atoms with Gasteiger partial charge in [0, 0.05) is 18.1 Å². The van der Waals surface area contributed by atoms with Crippen LogP contribution in [-0.4, -0.2) is 31.6 Å². The summed E-state index contributed by atoms with van der Waals surface area (Å²) in [5.74, 6) is 0.119. The Hall–Kier alpha value is -1.26. The molecule has 0 aromatic heterocycles. The van der Waals surface area contributed by atoms with Crippen molar-refractivity contribution in [3.63, 3.8) is 0 Å². The van der Waals surface area contributed by atoms with E-state index in [9.17, 15) is 4.79 Å². The van der Waals surface area contributed by atoms with Gasteiger partial charge in [0.2, 0.25) is 5.91 Å². The largest absolute Gasteiger partial charge is 0.383 e. The van der Waals surface area contributed by atoms with Crippen molar-refractivity contribution in [2.75, 3.05) is 29.9 Å². The molecule has 1 amide bonds. The minimum atomic E-state index is 0.119. The molecular weight excluding hydrogens is 238 g/mol. The molecule has 0 radical (unpaired) electrons. The molecule has 5 heteroatoms. The number of rotatable bonds is 0. The topological polar surface area (TPSA) is 44.4 Å². The highest BCUT2D eigenvalue weighted by atomic mass is 35.5. The SMILES string of the molecule is O=C1CNC[C@@H]2CCNc3ccc(Cl)cc3N12. The summed E-state index contributed by atoms with van der Waals surface area (Å²) in [5.41, 5.74) is 1.90. The number of piperazine rings is 1. The number of hydrogen-bond donors (Lipinski definition) is 2. The molecule has 90 valence electrons. The number of carbonyl (C=O) groups excluding carboxylic acids is 1. The lowest BCUT2D eigenvalue weighted by atomic mass is 10.1. The number of halogens is 1. The number of carbonyl (C=O) groups is 1. The van der Waals surface area contributed by atoms with E-state index < -0.39 is 0 Å². The normalized spacial score (nSPS) is 23.5. The fraction of sp³-hybridized carbons (Fsp3) is 0.417. The van der Waals surface area contributed by atoms with Gasteiger partial charge in [-0.2, -0.15) is 0 Å². The van der Waals surface area contributed by atoms with E-state index in [1.165, 1.54) is 0 Å². The number of benzene rings is 1. The fourth-order valence-corrected chi connectivity index (χ4v) is 2.68. The first-order valence-corrected chi connectivity index (χ1v) is 6.20. The van der Waals surface area contributed by atoms with E-state index in [0.29, 0.717) is 11.6 Å². The van der Waals surface area contributed by atoms with Gasteiger partial charge in [-0.05, 0) is 24.6 Å². The van der Waals surface area contributed by atoms with Crippen LogP contribution in [0.25, 0.3) is 0 Å². The summed E-state index contributed by atoms with van der Waals surface area (Å²) in [4.78, 5) is 13.9. The van der Waals surface area contributed by atoms with Crippen molar-refractivity contribution in [2.45, 2.75) is 12.5 Å². The zero-order valence-corrected chi connectivity index (χ0v) is 10.1. The van der Waals surface area contributed by atoms with Gasteiger partial charge in [-0.25, -0.2) is 0 Å². The lowest BCUT2D eigenvalue weighted by Gasteiger charge is -2.35. The van der Waals surface area contributed by atoms with Crippen LogP contribution >= 0.6 is 11.6 Å². The molecule has 17 heavy (non-hydrogen) atoms. The summed E-state index contributed by atoms with van der Waals surface area (Å²) in [5, 5.41) is 7.17. The first kappa shape index (κ1) is 10.9. The van der Waals surface area contributed by atoms with Gasteiger partial charge in [-0.1, -0.05) is 11.6 Å². The van der Waals surface area contributed by atoms with Gasteiger partial charge in [0.05, 0.1) is 24.0 Å². The summed E-state index contributed by atoms with van der Waals surface area (Å²) < 4.78 is 0. The van der Waals surface area contributed by atoms with E-state index >= 15 is 0 Å². The van der Waals surface area contributed by atoms with Gasteiger partial charge in [0.1, 0.15) is 0 Å². The van der Waals surface area contributed by atoms with E-state index in [0.717, 1.165) is 30.9 Å². The highest BCUT2D eigenvalue weighted by Gasteiger charge is 2.32. The molecule has 0 unspecified atom stereocenters. The molecule has 0 aliphatic carbocycles. The summed E-state index contributed by atoms with van der Waals surface area (Å²) in [6.45, 7) is 2.13. The van der Waals surface area contributed by atoms with Gasteiger partial charge >= 0.3 is 0 Å². The van der Waals surface area contributed by atoms with Crippen LogP contribution in [-0.2, 0) is 4.79 Å². The molecule has 2 N–H and O–H groups in total. The van der Waals surface area contributed by atoms with E-state index in [-0.39, 0.29) is 11.9 Å². The van der Waals surface area contributed by atoms with Gasteiger partial charge < -0.3 is 15.5 Å². The lowest BCUT2D eigenvalue weighted by Crippen LogP contribution is -2.55. The molecule has 4 nitrogen and oxygen atoms in total. The minimum Gasteiger partial charge on any atom is -0.383 e. The second-order valence-electron chi connectivity index (χ2n) is 4.43. The van der Waals surface area contributed by atoms with E-state index in [1.807, 2.05) is 23.1 Å². The molecule has 0 saturated carbocycles. The van der Waals surface area contributed by atoms with Crippen LogP contribution in [0.3, 0.4) is 0 Å². The van der Waals surface area contributed by atoms with Crippen LogP contribution in [0.5, 0.6) is 0 Å². The fourth-order valence-electron chi connectivity index (χ4n) is 2.52. The molecule has 2 aliphatic heterocycles. The second-order valence-corrected chi connectivity index (χ2v) is 4.86. The molecule has 1 aromatic carbocycles. The Morgan fingerprint density at radius 1 is 1.41 bits per heavy atom. The van der Waals surface area contributed by atoms with Crippen LogP contribution in [0.15, 0.2) is 18.2 Å². The van der Waals surface area contributed by atoms with Crippen LogP contribution in [0, 0.1) is 0 Å². The standard InChI is InChI=1S/C12H14ClN3O/c13-8-1-2-10-11(5-8)16-9(3-4-15-10)6-14-7-12(16)17/h1-2,5,9,14-15H,3-4,6-7H2/t9-/m0/s1. The number of nitrogens with one attached hydrogen (secondary N) is 2. The molecule has 0 bridgehead atoms. The van der Waals surface area contributed by atoms with Crippen molar-refractivity contribution in [1.29, 1.82) is 0 Å². The van der Waals surface area contributed by atoms with E-state index in [1.54, 1.807) is 0 Å². The molecule has 2 heterocycles. The second kappa shape index (κ2) is 4.20. The van der Waals surface area contributed by atoms with Crippen molar-refractivity contribution in [3.8, 4) is 0 Å². The quantitative estimate of drug-likeness (QED) is 0.734. The predicted octanol–water partition coefficient (Wildman–Crippen LogP) is 1.46. The van der Waals surface area contributed by atoms with Crippen LogP contribution in [0.1, 0.15) is 6.42 Å². The Balaban J connectivity index is 2.09. The maximum absolute atomic E-state index is 12.0. The summed E-state index contributed by atoms with van der Waals surface area (Å²) in [6.07, 6.45) is 0.949. The number of hydrogen-bond acceptors (Lipinski definition) is 3. The van der Waals surface area contributed by atoms with Gasteiger partial charge in [-0.3, -0.25) is 4.79 Å². The number of anilines is 2. The predicted molar refractivity (Wildman–Crippen MR) is 68.7 cm³/mol. The molecular formula is C12H14ClN3O. The molecule has 2 aliphatic rings. The molecule has 1 fully saturated rings. The maximum atomic E-state index is 12.0. The molecule has 0 spiro atoms. The van der Waals surface area contributed by atoms with Crippen molar-refractivity contribution in [1.82, 2.24) is 5.32 Å². The van der Waals surface area contributed by atoms with Crippen LogP contribution in [0.4, 0.5) is 11.4 Å². The van der Waals surface area contributed by atoms with Gasteiger partial charge in [0.25, 0.3) is 0 Å². The third-order valence-electron chi connectivity index (χ3n) is 3.30. The number of fused-ring (bicyclic) bond motifs is 3. The third kappa shape index (κ3) is 1.87. The Morgan fingerprint density at radius 3 is 3.18 bits per heavy atom. The lowest BCUT2D eigenvalue weighted by molar-refractivity contribution is -0.119. The first-order chi connectivity index (χ1) is 8.25. The zero-order valence-electron chi connectivity index (χ0n) is 9.37. The van der Waals surface area contributed by atoms with Gasteiger partial charge in [0.15, 0.2) is 0 Å². The van der Waals surface area contributed by atoms with Crippen molar-refractivity contribution in [2.24, 2.45) is 0 Å². The molecule has 1 saturated heterocycles. The average Bonchev–Trinajstić information content (AvgIpc) is 2.49. The van der Waals surface area contributed by atoms with Gasteiger partial charge in [-0.15, -0.1) is 0 Å². The van der Waals surface area contributed by atoms with Crippen molar-refractivity contribution < 1.29 is 4.79 Å². The molecule has 1 atom stereocenters. The zero-order chi connectivity index (χ0) is 11.8.